The molecule has 0 spiro atoms. The van der Waals surface area contributed by atoms with Crippen molar-refractivity contribution in [2.75, 3.05) is 27.6 Å². The van der Waals surface area contributed by atoms with Gasteiger partial charge < -0.3 is 24.3 Å². The maximum Gasteiger partial charge on any atom is 0.231 e. The van der Waals surface area contributed by atoms with Crippen LogP contribution in [0.2, 0.25) is 0 Å². The van der Waals surface area contributed by atoms with Crippen molar-refractivity contribution in [3.63, 3.8) is 0 Å². The summed E-state index contributed by atoms with van der Waals surface area (Å²) in [5.41, 5.74) is 3.65. The van der Waals surface area contributed by atoms with Gasteiger partial charge in [-0.3, -0.25) is 0 Å². The fourth-order valence-corrected chi connectivity index (χ4v) is 3.27. The first kappa shape index (κ1) is 14.2. The fraction of sp³-hybridized carbons (Fsp3) is 0.333. The lowest BCUT2D eigenvalue weighted by molar-refractivity contribution is 0.174. The first-order valence-electron chi connectivity index (χ1n) is 7.68. The third kappa shape index (κ3) is 2.37. The van der Waals surface area contributed by atoms with Gasteiger partial charge in [0.1, 0.15) is 0 Å². The van der Waals surface area contributed by atoms with Crippen LogP contribution in [-0.2, 0) is 6.42 Å². The topological polar surface area (TPSA) is 49.0 Å². The molecule has 5 heteroatoms. The Morgan fingerprint density at radius 2 is 1.78 bits per heavy atom. The molecule has 0 fully saturated rings. The Hall–Kier alpha value is -2.40. The van der Waals surface area contributed by atoms with E-state index in [9.17, 15) is 0 Å². The summed E-state index contributed by atoms with van der Waals surface area (Å²) in [6.45, 7) is 1.21. The highest BCUT2D eigenvalue weighted by atomic mass is 16.7. The molecule has 23 heavy (non-hydrogen) atoms. The van der Waals surface area contributed by atoms with Crippen LogP contribution in [0.15, 0.2) is 30.3 Å². The van der Waals surface area contributed by atoms with E-state index in [2.05, 4.69) is 23.5 Å². The van der Waals surface area contributed by atoms with E-state index in [-0.39, 0.29) is 6.04 Å². The molecule has 0 aromatic heterocycles. The predicted octanol–water partition coefficient (Wildman–Crippen LogP) is 2.67. The van der Waals surface area contributed by atoms with E-state index in [0.717, 1.165) is 41.5 Å². The standard InChI is InChI=1S/C18H19NO4/c1-20-15-7-11-5-6-19-18(13(11)9-16(15)21-2)12-3-4-14-17(8-12)23-10-22-14/h3-4,7-9,18-19H,5-6,10H2,1-2H3. The van der Waals surface area contributed by atoms with Crippen LogP contribution in [0.25, 0.3) is 0 Å². The third-order valence-electron chi connectivity index (χ3n) is 4.43. The van der Waals surface area contributed by atoms with E-state index in [1.54, 1.807) is 14.2 Å². The van der Waals surface area contributed by atoms with Gasteiger partial charge in [-0.05, 0) is 47.4 Å². The van der Waals surface area contributed by atoms with Gasteiger partial charge in [-0.1, -0.05) is 6.07 Å². The van der Waals surface area contributed by atoms with Crippen molar-refractivity contribution >= 4 is 0 Å². The molecule has 2 aliphatic heterocycles. The highest BCUT2D eigenvalue weighted by Crippen LogP contribution is 2.40. The zero-order chi connectivity index (χ0) is 15.8. The summed E-state index contributed by atoms with van der Waals surface area (Å²) in [5.74, 6) is 3.13. The molecule has 0 aliphatic carbocycles. The maximum absolute atomic E-state index is 5.50. The number of nitrogens with one attached hydrogen (secondary N) is 1. The van der Waals surface area contributed by atoms with Crippen molar-refractivity contribution in [1.29, 1.82) is 0 Å². The largest absolute Gasteiger partial charge is 0.493 e. The smallest absolute Gasteiger partial charge is 0.231 e. The zero-order valence-corrected chi connectivity index (χ0v) is 13.2. The second-order valence-corrected chi connectivity index (χ2v) is 5.66. The molecule has 2 aliphatic rings. The molecule has 0 saturated heterocycles. The molecule has 1 atom stereocenters. The summed E-state index contributed by atoms with van der Waals surface area (Å²) in [5, 5.41) is 3.58. The van der Waals surface area contributed by atoms with Gasteiger partial charge >= 0.3 is 0 Å². The SMILES string of the molecule is COc1cc2c(cc1OC)C(c1ccc3c(c1)OCO3)NCC2. The third-order valence-corrected chi connectivity index (χ3v) is 4.43. The number of benzene rings is 2. The highest BCUT2D eigenvalue weighted by Gasteiger charge is 2.25. The maximum atomic E-state index is 5.50. The van der Waals surface area contributed by atoms with Gasteiger partial charge in [0.15, 0.2) is 23.0 Å². The number of hydrogen-bond donors (Lipinski definition) is 1. The quantitative estimate of drug-likeness (QED) is 0.944. The van der Waals surface area contributed by atoms with E-state index in [0.29, 0.717) is 6.79 Å². The molecular formula is C18H19NO4. The van der Waals surface area contributed by atoms with Crippen molar-refractivity contribution in [3.8, 4) is 23.0 Å². The molecule has 0 radical (unpaired) electrons. The molecule has 0 bridgehead atoms. The summed E-state index contributed by atoms with van der Waals surface area (Å²) in [4.78, 5) is 0. The Labute approximate surface area is 135 Å². The van der Waals surface area contributed by atoms with Gasteiger partial charge in [0.2, 0.25) is 6.79 Å². The molecule has 2 aromatic rings. The molecule has 0 saturated carbocycles. The van der Waals surface area contributed by atoms with Crippen molar-refractivity contribution in [1.82, 2.24) is 5.32 Å². The Balaban J connectivity index is 1.78. The monoisotopic (exact) mass is 313 g/mol. The average Bonchev–Trinajstić information content (AvgIpc) is 3.07. The van der Waals surface area contributed by atoms with Crippen LogP contribution < -0.4 is 24.3 Å². The van der Waals surface area contributed by atoms with Crippen LogP contribution in [0.4, 0.5) is 0 Å². The number of fused-ring (bicyclic) bond motifs is 2. The number of hydrogen-bond acceptors (Lipinski definition) is 5. The molecule has 4 rings (SSSR count). The van der Waals surface area contributed by atoms with Crippen molar-refractivity contribution in [2.45, 2.75) is 12.5 Å². The Morgan fingerprint density at radius 1 is 1.00 bits per heavy atom. The Morgan fingerprint density at radius 3 is 2.61 bits per heavy atom. The second kappa shape index (κ2) is 5.66. The number of methoxy groups -OCH3 is 2. The van der Waals surface area contributed by atoms with Crippen LogP contribution in [0.3, 0.4) is 0 Å². The van der Waals surface area contributed by atoms with Crippen LogP contribution >= 0.6 is 0 Å². The highest BCUT2D eigenvalue weighted by molar-refractivity contribution is 5.53. The minimum atomic E-state index is 0.105. The van der Waals surface area contributed by atoms with E-state index < -0.39 is 0 Å². The molecule has 5 nitrogen and oxygen atoms in total. The predicted molar refractivity (Wildman–Crippen MR) is 85.7 cm³/mol. The first-order chi connectivity index (χ1) is 11.3. The van der Waals surface area contributed by atoms with Crippen molar-refractivity contribution < 1.29 is 18.9 Å². The Kier molecular flexibility index (Phi) is 3.50. The van der Waals surface area contributed by atoms with E-state index in [1.807, 2.05) is 12.1 Å². The Bertz CT molecular complexity index is 744. The second-order valence-electron chi connectivity index (χ2n) is 5.66. The lowest BCUT2D eigenvalue weighted by Gasteiger charge is -2.28. The molecule has 0 amide bonds. The molecule has 1 N–H and O–H groups in total. The molecule has 120 valence electrons. The molecule has 2 heterocycles. The summed E-state index contributed by atoms with van der Waals surface area (Å²) >= 11 is 0. The van der Waals surface area contributed by atoms with Crippen molar-refractivity contribution in [2.24, 2.45) is 0 Å². The van der Waals surface area contributed by atoms with Crippen LogP contribution in [0.5, 0.6) is 23.0 Å². The minimum absolute atomic E-state index is 0.105. The summed E-state index contributed by atoms with van der Waals surface area (Å²) in [7, 11) is 3.33. The average molecular weight is 313 g/mol. The lowest BCUT2D eigenvalue weighted by Crippen LogP contribution is -2.30. The summed E-state index contributed by atoms with van der Waals surface area (Å²) < 4.78 is 21.8. The molecule has 1 unspecified atom stereocenters. The van der Waals surface area contributed by atoms with Crippen LogP contribution in [0, 0.1) is 0 Å². The van der Waals surface area contributed by atoms with Crippen LogP contribution in [0.1, 0.15) is 22.7 Å². The van der Waals surface area contributed by atoms with Gasteiger partial charge in [-0.15, -0.1) is 0 Å². The molecular weight excluding hydrogens is 294 g/mol. The fourth-order valence-electron chi connectivity index (χ4n) is 3.27. The van der Waals surface area contributed by atoms with Gasteiger partial charge in [0.05, 0.1) is 20.3 Å². The minimum Gasteiger partial charge on any atom is -0.493 e. The number of ether oxygens (including phenoxy) is 4. The van der Waals surface area contributed by atoms with Gasteiger partial charge in [-0.2, -0.15) is 0 Å². The summed E-state index contributed by atoms with van der Waals surface area (Å²) in [6.07, 6.45) is 0.969. The van der Waals surface area contributed by atoms with Gasteiger partial charge in [-0.25, -0.2) is 0 Å². The van der Waals surface area contributed by atoms with Crippen molar-refractivity contribution in [3.05, 3.63) is 47.0 Å². The van der Waals surface area contributed by atoms with E-state index in [1.165, 1.54) is 11.1 Å². The molecule has 2 aromatic carbocycles. The van der Waals surface area contributed by atoms with Gasteiger partial charge in [0.25, 0.3) is 0 Å². The number of rotatable bonds is 3. The normalized spacial score (nSPS) is 18.4. The van der Waals surface area contributed by atoms with Crippen LogP contribution in [-0.4, -0.2) is 27.6 Å². The first-order valence-corrected chi connectivity index (χ1v) is 7.68. The zero-order valence-electron chi connectivity index (χ0n) is 13.2. The van der Waals surface area contributed by atoms with E-state index >= 15 is 0 Å². The lowest BCUT2D eigenvalue weighted by atomic mass is 9.89. The van der Waals surface area contributed by atoms with Gasteiger partial charge in [0, 0.05) is 6.54 Å². The van der Waals surface area contributed by atoms with E-state index in [4.69, 9.17) is 18.9 Å². The summed E-state index contributed by atoms with van der Waals surface area (Å²) in [6, 6.07) is 10.3.